The van der Waals surface area contributed by atoms with Crippen LogP contribution in [0.4, 0.5) is 19.0 Å². The highest BCUT2D eigenvalue weighted by Crippen LogP contribution is 2.39. The third-order valence-electron chi connectivity index (χ3n) is 8.59. The second-order valence-electron chi connectivity index (χ2n) is 12.0. The van der Waals surface area contributed by atoms with Crippen LogP contribution < -0.4 is 5.32 Å². The largest absolute Gasteiger partial charge is 0.417 e. The summed E-state index contributed by atoms with van der Waals surface area (Å²) >= 11 is 5.86. The molecule has 2 atom stereocenters. The molecule has 3 aromatic heterocycles. The Morgan fingerprint density at radius 3 is 2.73 bits per heavy atom. The van der Waals surface area contributed by atoms with Gasteiger partial charge in [0.25, 0.3) is 0 Å². The van der Waals surface area contributed by atoms with Gasteiger partial charge in [-0.15, -0.1) is 0 Å². The minimum absolute atomic E-state index is 0.321. The number of nitrogens with one attached hydrogen (secondary N) is 2. The van der Waals surface area contributed by atoms with Crippen LogP contribution in [0.2, 0.25) is 5.02 Å². The second-order valence-corrected chi connectivity index (χ2v) is 12.4. The zero-order chi connectivity index (χ0) is 28.7. The zero-order valence-electron chi connectivity index (χ0n) is 23.5. The Labute approximate surface area is 242 Å². The number of imidazole rings is 1. The molecule has 0 radical (unpaired) electrons. The zero-order valence-corrected chi connectivity index (χ0v) is 24.3. The summed E-state index contributed by atoms with van der Waals surface area (Å²) in [6.45, 7) is 6.55. The molecule has 2 aliphatic rings. The Hall–Kier alpha value is -2.85. The number of hydrogen-bond donors (Lipinski definition) is 2. The van der Waals surface area contributed by atoms with E-state index >= 15 is 0 Å². The number of alkyl halides is 3. The maximum atomic E-state index is 13.2. The Kier molecular flexibility index (Phi) is 7.89. The van der Waals surface area contributed by atoms with E-state index in [0.29, 0.717) is 47.3 Å². The van der Waals surface area contributed by atoms with Gasteiger partial charge in [0.05, 0.1) is 27.0 Å². The number of hydrogen-bond acceptors (Lipinski definition) is 5. The van der Waals surface area contributed by atoms with Crippen molar-refractivity contribution in [1.82, 2.24) is 29.4 Å². The molecule has 0 spiro atoms. The predicted molar refractivity (Wildman–Crippen MR) is 156 cm³/mol. The molecule has 220 valence electrons. The topological polar surface area (TPSA) is 74.7 Å². The molecule has 0 amide bonds. The number of nitrogens with zero attached hydrogens (tertiary/aromatic N) is 5. The SMILES string of the molecule is CC(C)N(CCCCc1nc2cc(Cl)c(C(F)(F)F)cc2[nH]1)CC1CCC(n2ccc3c(NC4CC4)ncnc32)C1. The highest BCUT2D eigenvalue weighted by molar-refractivity contribution is 6.32. The summed E-state index contributed by atoms with van der Waals surface area (Å²) in [7, 11) is 0. The first kappa shape index (κ1) is 28.3. The normalized spacial score (nSPS) is 19.8. The van der Waals surface area contributed by atoms with Crippen molar-refractivity contribution in [3.63, 3.8) is 0 Å². The van der Waals surface area contributed by atoms with Crippen LogP contribution in [-0.2, 0) is 12.6 Å². The molecular formula is C30H37ClF3N7. The van der Waals surface area contributed by atoms with E-state index in [4.69, 9.17) is 11.6 Å². The van der Waals surface area contributed by atoms with Crippen LogP contribution in [0.15, 0.2) is 30.7 Å². The molecule has 1 aromatic carbocycles. The molecule has 41 heavy (non-hydrogen) atoms. The van der Waals surface area contributed by atoms with Gasteiger partial charge in [-0.05, 0) is 89.5 Å². The molecular weight excluding hydrogens is 551 g/mol. The van der Waals surface area contributed by atoms with Crippen molar-refractivity contribution in [2.24, 2.45) is 5.92 Å². The third kappa shape index (κ3) is 6.33. The lowest BCUT2D eigenvalue weighted by Gasteiger charge is -2.29. The fraction of sp³-hybridized carbons (Fsp3) is 0.567. The highest BCUT2D eigenvalue weighted by Gasteiger charge is 2.34. The van der Waals surface area contributed by atoms with E-state index in [2.05, 4.69) is 60.8 Å². The smallest absolute Gasteiger partial charge is 0.367 e. The first-order valence-electron chi connectivity index (χ1n) is 14.7. The van der Waals surface area contributed by atoms with Gasteiger partial charge in [0.1, 0.15) is 23.6 Å². The second kappa shape index (κ2) is 11.4. The summed E-state index contributed by atoms with van der Waals surface area (Å²) in [6.07, 6.45) is 7.88. The lowest BCUT2D eigenvalue weighted by molar-refractivity contribution is -0.137. The van der Waals surface area contributed by atoms with Crippen molar-refractivity contribution in [2.75, 3.05) is 18.4 Å². The minimum atomic E-state index is -4.49. The van der Waals surface area contributed by atoms with Crippen LogP contribution in [0.5, 0.6) is 0 Å². The Balaban J connectivity index is 1.02. The van der Waals surface area contributed by atoms with Crippen LogP contribution in [0.25, 0.3) is 22.1 Å². The molecule has 0 bridgehead atoms. The number of H-pyrrole nitrogens is 1. The number of unbranched alkanes of at least 4 members (excludes halogenated alkanes) is 1. The summed E-state index contributed by atoms with van der Waals surface area (Å²) in [4.78, 5) is 19.2. The molecule has 2 N–H and O–H groups in total. The number of aryl methyl sites for hydroxylation is 1. The minimum Gasteiger partial charge on any atom is -0.367 e. The number of fused-ring (bicyclic) bond motifs is 2. The van der Waals surface area contributed by atoms with Crippen LogP contribution in [0.3, 0.4) is 0 Å². The van der Waals surface area contributed by atoms with Crippen molar-refractivity contribution >= 4 is 39.5 Å². The van der Waals surface area contributed by atoms with Gasteiger partial charge in [-0.2, -0.15) is 13.2 Å². The number of anilines is 1. The van der Waals surface area contributed by atoms with Crippen LogP contribution in [0.1, 0.15) is 76.2 Å². The van der Waals surface area contributed by atoms with E-state index < -0.39 is 11.7 Å². The predicted octanol–water partition coefficient (Wildman–Crippen LogP) is 7.63. The van der Waals surface area contributed by atoms with Gasteiger partial charge in [0.15, 0.2) is 0 Å². The van der Waals surface area contributed by atoms with E-state index in [0.717, 1.165) is 61.7 Å². The van der Waals surface area contributed by atoms with E-state index in [1.807, 2.05) is 0 Å². The summed E-state index contributed by atoms with van der Waals surface area (Å²) in [5.41, 5.74) is 1.03. The lowest BCUT2D eigenvalue weighted by atomic mass is 10.1. The molecule has 2 unspecified atom stereocenters. The Morgan fingerprint density at radius 1 is 1.15 bits per heavy atom. The van der Waals surface area contributed by atoms with Crippen molar-refractivity contribution in [2.45, 2.75) is 89.5 Å². The van der Waals surface area contributed by atoms with Crippen LogP contribution in [-0.4, -0.2) is 54.6 Å². The van der Waals surface area contributed by atoms with Gasteiger partial charge in [-0.25, -0.2) is 15.0 Å². The molecule has 2 aliphatic carbocycles. The quantitative estimate of drug-likeness (QED) is 0.176. The van der Waals surface area contributed by atoms with E-state index in [-0.39, 0.29) is 5.02 Å². The molecule has 2 saturated carbocycles. The molecule has 3 heterocycles. The number of aromatic amines is 1. The Bertz CT molecular complexity index is 1510. The average Bonchev–Trinajstić information content (AvgIpc) is 3.28. The van der Waals surface area contributed by atoms with Crippen molar-refractivity contribution in [3.05, 3.63) is 47.1 Å². The molecule has 6 rings (SSSR count). The maximum absolute atomic E-state index is 13.2. The summed E-state index contributed by atoms with van der Waals surface area (Å²) in [6, 6.07) is 5.95. The molecule has 11 heteroatoms. The van der Waals surface area contributed by atoms with Crippen molar-refractivity contribution in [3.8, 4) is 0 Å². The van der Waals surface area contributed by atoms with Gasteiger partial charge < -0.3 is 19.8 Å². The van der Waals surface area contributed by atoms with Gasteiger partial charge in [-0.1, -0.05) is 11.6 Å². The number of rotatable bonds is 11. The van der Waals surface area contributed by atoms with E-state index in [1.165, 1.54) is 25.3 Å². The van der Waals surface area contributed by atoms with Crippen LogP contribution in [0, 0.1) is 5.92 Å². The van der Waals surface area contributed by atoms with Gasteiger partial charge in [0.2, 0.25) is 0 Å². The summed E-state index contributed by atoms with van der Waals surface area (Å²) in [5.74, 6) is 2.28. The average molecular weight is 588 g/mol. The summed E-state index contributed by atoms with van der Waals surface area (Å²) in [5, 5.41) is 4.33. The highest BCUT2D eigenvalue weighted by atomic mass is 35.5. The van der Waals surface area contributed by atoms with Gasteiger partial charge in [-0.3, -0.25) is 0 Å². The summed E-state index contributed by atoms with van der Waals surface area (Å²) < 4.78 is 41.9. The fourth-order valence-corrected chi connectivity index (χ4v) is 6.45. The van der Waals surface area contributed by atoms with Gasteiger partial charge in [0, 0.05) is 37.3 Å². The molecule has 4 aromatic rings. The molecule has 7 nitrogen and oxygen atoms in total. The molecule has 2 fully saturated rings. The monoisotopic (exact) mass is 587 g/mol. The van der Waals surface area contributed by atoms with E-state index in [9.17, 15) is 13.2 Å². The number of halogens is 4. The Morgan fingerprint density at radius 2 is 1.98 bits per heavy atom. The third-order valence-corrected chi connectivity index (χ3v) is 8.90. The van der Waals surface area contributed by atoms with Crippen LogP contribution >= 0.6 is 11.6 Å². The molecule has 0 saturated heterocycles. The fourth-order valence-electron chi connectivity index (χ4n) is 6.19. The number of benzene rings is 1. The van der Waals surface area contributed by atoms with E-state index in [1.54, 1.807) is 6.33 Å². The molecule has 0 aliphatic heterocycles. The van der Waals surface area contributed by atoms with Crippen molar-refractivity contribution in [1.29, 1.82) is 0 Å². The maximum Gasteiger partial charge on any atom is 0.417 e. The standard InChI is InChI=1S/C30H37ClF3N7/c1-18(2)40(11-4-3-5-27-38-25-14-23(30(32,33)34)24(31)15-26(25)39-27)16-19-6-9-21(13-19)41-12-10-22-28(37-20-7-8-20)35-17-36-29(22)41/h10,12,14-15,17-21H,3-9,11,13,16H2,1-2H3,(H,38,39)(H,35,36,37). The first-order valence-corrected chi connectivity index (χ1v) is 15.1. The number of aromatic nitrogens is 5. The lowest BCUT2D eigenvalue weighted by Crippen LogP contribution is -2.35. The van der Waals surface area contributed by atoms with Crippen molar-refractivity contribution < 1.29 is 13.2 Å². The van der Waals surface area contributed by atoms with Gasteiger partial charge >= 0.3 is 6.18 Å². The first-order chi connectivity index (χ1) is 19.7.